The highest BCUT2D eigenvalue weighted by Gasteiger charge is 2.31. The Labute approximate surface area is 321 Å². The molecule has 54 heavy (non-hydrogen) atoms. The van der Waals surface area contributed by atoms with E-state index >= 15 is 26.3 Å². The van der Waals surface area contributed by atoms with Crippen molar-refractivity contribution in [2.75, 3.05) is 36.0 Å². The van der Waals surface area contributed by atoms with Crippen molar-refractivity contribution in [1.82, 2.24) is 9.97 Å². The Morgan fingerprint density at radius 1 is 0.296 bits per heavy atom. The van der Waals surface area contributed by atoms with Crippen LogP contribution < -0.4 is 9.80 Å². The maximum Gasteiger partial charge on any atom is 0.189 e. The van der Waals surface area contributed by atoms with E-state index in [1.807, 2.05) is 0 Å². The Morgan fingerprint density at radius 2 is 0.519 bits per heavy atom. The predicted molar refractivity (Wildman–Crippen MR) is 215 cm³/mol. The number of rotatable bonds is 30. The topological polar surface area (TPSA) is 32.3 Å². The number of halogens is 6. The van der Waals surface area contributed by atoms with Crippen LogP contribution in [-0.2, 0) is 0 Å². The van der Waals surface area contributed by atoms with Crippen LogP contribution in [0, 0.1) is 34.9 Å². The van der Waals surface area contributed by atoms with Crippen molar-refractivity contribution < 1.29 is 26.3 Å². The van der Waals surface area contributed by atoms with Crippen molar-refractivity contribution in [2.45, 2.75) is 182 Å². The number of aromatic nitrogens is 2. The molecule has 0 unspecified atom stereocenters. The highest BCUT2D eigenvalue weighted by molar-refractivity contribution is 5.91. The minimum absolute atomic E-state index is 0.300. The van der Waals surface area contributed by atoms with Crippen LogP contribution in [-0.4, -0.2) is 36.1 Å². The van der Waals surface area contributed by atoms with E-state index in [-0.39, 0.29) is 0 Å². The number of nitrogens with zero attached hydrogens (tertiary/aromatic N) is 4. The second kappa shape index (κ2) is 25.4. The molecule has 3 rings (SSSR count). The van der Waals surface area contributed by atoms with Crippen LogP contribution in [0.1, 0.15) is 182 Å². The average Bonchev–Trinajstić information content (AvgIpc) is 3.17. The molecule has 0 aliphatic heterocycles. The Hall–Kier alpha value is -2.78. The first kappa shape index (κ1) is 45.6. The van der Waals surface area contributed by atoms with Crippen molar-refractivity contribution in [3.8, 4) is 0 Å². The molecule has 3 aromatic rings. The summed E-state index contributed by atoms with van der Waals surface area (Å²) >= 11 is 0. The minimum Gasteiger partial charge on any atom is -0.367 e. The summed E-state index contributed by atoms with van der Waals surface area (Å²) in [5.74, 6) is -8.22. The number of unbranched alkanes of at least 4 members (excludes halogenated alkanes) is 20. The van der Waals surface area contributed by atoms with Crippen LogP contribution >= 0.6 is 0 Å². The quantitative estimate of drug-likeness (QED) is 0.0293. The summed E-state index contributed by atoms with van der Waals surface area (Å²) in [5, 5.41) is 0. The number of hydrogen-bond acceptors (Lipinski definition) is 4. The van der Waals surface area contributed by atoms with Crippen molar-refractivity contribution in [3.63, 3.8) is 0 Å². The summed E-state index contributed by atoms with van der Waals surface area (Å²) in [7, 11) is 0. The highest BCUT2D eigenvalue weighted by Crippen LogP contribution is 2.37. The van der Waals surface area contributed by atoms with Crippen LogP contribution in [0.25, 0.3) is 22.1 Å². The van der Waals surface area contributed by atoms with Gasteiger partial charge < -0.3 is 9.80 Å². The van der Waals surface area contributed by atoms with Crippen LogP contribution in [0.5, 0.6) is 0 Å². The number of anilines is 2. The molecule has 1 aromatic heterocycles. The molecule has 0 spiro atoms. The zero-order valence-electron chi connectivity index (χ0n) is 33.9. The summed E-state index contributed by atoms with van der Waals surface area (Å²) in [5.41, 5.74) is -4.33. The van der Waals surface area contributed by atoms with E-state index < -0.39 is 68.3 Å². The van der Waals surface area contributed by atoms with Gasteiger partial charge in [-0.1, -0.05) is 156 Å². The largest absolute Gasteiger partial charge is 0.367 e. The van der Waals surface area contributed by atoms with Gasteiger partial charge in [-0.05, 0) is 25.7 Å². The van der Waals surface area contributed by atoms with E-state index in [9.17, 15) is 0 Å². The molecule has 0 bridgehead atoms. The monoisotopic (exact) mass is 767 g/mol. The summed E-state index contributed by atoms with van der Waals surface area (Å²) in [4.78, 5) is 11.0. The van der Waals surface area contributed by atoms with Gasteiger partial charge >= 0.3 is 0 Å². The maximum atomic E-state index is 16.4. The van der Waals surface area contributed by atoms with Gasteiger partial charge in [0.05, 0.1) is 0 Å². The molecular formula is C44H68F6N4. The van der Waals surface area contributed by atoms with E-state index in [1.54, 1.807) is 0 Å². The van der Waals surface area contributed by atoms with E-state index in [2.05, 4.69) is 37.7 Å². The van der Waals surface area contributed by atoms with Crippen LogP contribution in [0.4, 0.5) is 37.7 Å². The van der Waals surface area contributed by atoms with Crippen molar-refractivity contribution in [1.29, 1.82) is 0 Å². The summed E-state index contributed by atoms with van der Waals surface area (Å²) in [6.07, 6.45) is 23.1. The van der Waals surface area contributed by atoms with E-state index in [4.69, 9.17) is 0 Å². The van der Waals surface area contributed by atoms with Crippen molar-refractivity contribution in [2.24, 2.45) is 0 Å². The van der Waals surface area contributed by atoms with Gasteiger partial charge in [-0.2, -0.15) is 0 Å². The first-order valence-corrected chi connectivity index (χ1v) is 21.6. The molecule has 1 heterocycles. The lowest BCUT2D eigenvalue weighted by atomic mass is 10.1. The van der Waals surface area contributed by atoms with Crippen molar-refractivity contribution >= 4 is 33.4 Å². The highest BCUT2D eigenvalue weighted by atomic mass is 19.2. The fourth-order valence-corrected chi connectivity index (χ4v) is 7.44. The predicted octanol–water partition coefficient (Wildman–Crippen LogP) is 14.7. The van der Waals surface area contributed by atoms with E-state index in [1.165, 1.54) is 9.80 Å². The average molecular weight is 767 g/mol. The van der Waals surface area contributed by atoms with E-state index in [0.29, 0.717) is 51.9 Å². The van der Waals surface area contributed by atoms with Crippen molar-refractivity contribution in [3.05, 3.63) is 34.9 Å². The second-order valence-corrected chi connectivity index (χ2v) is 15.2. The molecule has 2 aromatic carbocycles. The van der Waals surface area contributed by atoms with Crippen LogP contribution in [0.15, 0.2) is 0 Å². The van der Waals surface area contributed by atoms with Gasteiger partial charge in [-0.25, -0.2) is 36.3 Å². The lowest BCUT2D eigenvalue weighted by Gasteiger charge is -2.27. The molecule has 0 radical (unpaired) electrons. The van der Waals surface area contributed by atoms with Gasteiger partial charge in [0, 0.05) is 26.2 Å². The van der Waals surface area contributed by atoms with E-state index in [0.717, 1.165) is 128 Å². The van der Waals surface area contributed by atoms with Crippen LogP contribution in [0.2, 0.25) is 0 Å². The number of benzene rings is 2. The molecule has 0 aliphatic carbocycles. The summed E-state index contributed by atoms with van der Waals surface area (Å²) in [6.45, 7) is 9.72. The summed E-state index contributed by atoms with van der Waals surface area (Å²) < 4.78 is 96.7. The van der Waals surface area contributed by atoms with Gasteiger partial charge in [0.2, 0.25) is 0 Å². The molecule has 0 saturated heterocycles. The zero-order valence-corrected chi connectivity index (χ0v) is 33.9. The SMILES string of the molecule is CCCCCCCCN(CCCCCCCC)c1c(F)c(F)c2nc3c(F)c(N(CCCCCCCC)CCCCCCCC)c(F)c(F)c3nc2c1F. The molecule has 0 saturated carbocycles. The fourth-order valence-electron chi connectivity index (χ4n) is 7.44. The van der Waals surface area contributed by atoms with Gasteiger partial charge in [-0.3, -0.25) is 0 Å². The third-order valence-electron chi connectivity index (χ3n) is 10.7. The molecule has 0 fully saturated rings. The smallest absolute Gasteiger partial charge is 0.189 e. The minimum atomic E-state index is -1.48. The van der Waals surface area contributed by atoms with Gasteiger partial charge in [0.1, 0.15) is 33.4 Å². The third kappa shape index (κ3) is 13.2. The third-order valence-corrected chi connectivity index (χ3v) is 10.7. The molecule has 10 heteroatoms. The lowest BCUT2D eigenvalue weighted by molar-refractivity contribution is 0.490. The lowest BCUT2D eigenvalue weighted by Crippen LogP contribution is -2.29. The number of hydrogen-bond donors (Lipinski definition) is 0. The van der Waals surface area contributed by atoms with Gasteiger partial charge in [-0.15, -0.1) is 0 Å². The Morgan fingerprint density at radius 3 is 0.778 bits per heavy atom. The maximum absolute atomic E-state index is 16.4. The molecule has 4 nitrogen and oxygen atoms in total. The zero-order chi connectivity index (χ0) is 39.3. The Balaban J connectivity index is 2.02. The first-order valence-electron chi connectivity index (χ1n) is 21.6. The molecule has 0 N–H and O–H groups in total. The second-order valence-electron chi connectivity index (χ2n) is 15.2. The standard InChI is InChI=1S/C44H68F6N4/c1-5-9-13-17-21-25-29-53(30-26-22-18-14-10-6-2)43-35(47)33(45)39-41(37(43)49)51-40-34(46)36(48)44(38(50)42(40)52-39)54(31-27-23-19-15-11-7-3)32-28-24-20-16-12-8-4/h5-32H2,1-4H3. The molecule has 0 amide bonds. The molecule has 306 valence electrons. The molecule has 0 aliphatic rings. The van der Waals surface area contributed by atoms with Gasteiger partial charge in [0.15, 0.2) is 34.9 Å². The fraction of sp³-hybridized carbons (Fsp3) is 0.727. The molecular weight excluding hydrogens is 699 g/mol. The first-order chi connectivity index (χ1) is 26.2. The summed E-state index contributed by atoms with van der Waals surface area (Å²) in [6, 6.07) is 0. The van der Waals surface area contributed by atoms with Gasteiger partial charge in [0.25, 0.3) is 0 Å². The Kier molecular flexibility index (Phi) is 21.4. The normalized spacial score (nSPS) is 11.7. The Bertz CT molecular complexity index is 1390. The number of fused-ring (bicyclic) bond motifs is 2. The van der Waals surface area contributed by atoms with Crippen LogP contribution in [0.3, 0.4) is 0 Å². The molecule has 0 atom stereocenters.